The second-order valence-electron chi connectivity index (χ2n) is 4.73. The predicted octanol–water partition coefficient (Wildman–Crippen LogP) is 2.02. The van der Waals surface area contributed by atoms with Crippen LogP contribution in [0.1, 0.15) is 36.2 Å². The Labute approximate surface area is 111 Å². The Morgan fingerprint density at radius 1 is 1.50 bits per heavy atom. The maximum absolute atomic E-state index is 12.0. The first-order valence-electron chi connectivity index (χ1n) is 6.23. The zero-order valence-electron chi connectivity index (χ0n) is 10.1. The van der Waals surface area contributed by atoms with Gasteiger partial charge in [-0.3, -0.25) is 4.79 Å². The molecule has 1 aliphatic rings. The average Bonchev–Trinajstić information content (AvgIpc) is 2.39. The van der Waals surface area contributed by atoms with Gasteiger partial charge in [0, 0.05) is 12.6 Å². The van der Waals surface area contributed by atoms with Crippen LogP contribution in [0.4, 0.5) is 0 Å². The van der Waals surface area contributed by atoms with Gasteiger partial charge < -0.3 is 10.4 Å². The first-order valence-corrected chi connectivity index (χ1v) is 6.61. The summed E-state index contributed by atoms with van der Waals surface area (Å²) < 4.78 is 0. The highest BCUT2D eigenvalue weighted by molar-refractivity contribution is 6.29. The van der Waals surface area contributed by atoms with Gasteiger partial charge in [0.2, 0.25) is 0 Å². The van der Waals surface area contributed by atoms with E-state index in [0.717, 1.165) is 25.7 Å². The van der Waals surface area contributed by atoms with Gasteiger partial charge in [0.15, 0.2) is 0 Å². The van der Waals surface area contributed by atoms with E-state index in [2.05, 4.69) is 10.3 Å². The number of carbonyl (C=O) groups excluding carboxylic acids is 1. The average molecular weight is 269 g/mol. The van der Waals surface area contributed by atoms with Crippen molar-refractivity contribution in [3.63, 3.8) is 0 Å². The minimum absolute atomic E-state index is 0.129. The minimum Gasteiger partial charge on any atom is -0.396 e. The van der Waals surface area contributed by atoms with Crippen molar-refractivity contribution < 1.29 is 9.90 Å². The van der Waals surface area contributed by atoms with E-state index < -0.39 is 0 Å². The molecule has 0 aromatic carbocycles. The molecule has 0 saturated heterocycles. The van der Waals surface area contributed by atoms with Gasteiger partial charge in [-0.15, -0.1) is 0 Å². The zero-order valence-corrected chi connectivity index (χ0v) is 10.9. The fraction of sp³-hybridized carbons (Fsp3) is 0.538. The van der Waals surface area contributed by atoms with Crippen molar-refractivity contribution in [2.45, 2.75) is 31.7 Å². The Balaban J connectivity index is 1.95. The molecule has 1 fully saturated rings. The summed E-state index contributed by atoms with van der Waals surface area (Å²) in [5, 5.41) is 12.4. The first-order chi connectivity index (χ1) is 8.69. The number of amides is 1. The van der Waals surface area contributed by atoms with Crippen LogP contribution in [0.3, 0.4) is 0 Å². The SMILES string of the molecule is O=C(NC1CCCC(CO)C1)c1cccc(Cl)n1. The van der Waals surface area contributed by atoms with E-state index in [0.29, 0.717) is 16.8 Å². The maximum atomic E-state index is 12.0. The van der Waals surface area contributed by atoms with Crippen molar-refractivity contribution in [3.05, 3.63) is 29.0 Å². The molecule has 1 amide bonds. The van der Waals surface area contributed by atoms with Crippen molar-refractivity contribution in [1.82, 2.24) is 10.3 Å². The molecule has 2 rings (SSSR count). The van der Waals surface area contributed by atoms with Crippen LogP contribution in [0.25, 0.3) is 0 Å². The summed E-state index contributed by atoms with van der Waals surface area (Å²) >= 11 is 5.75. The number of rotatable bonds is 3. The van der Waals surface area contributed by atoms with Crippen molar-refractivity contribution in [2.24, 2.45) is 5.92 Å². The monoisotopic (exact) mass is 268 g/mol. The normalized spacial score (nSPS) is 23.7. The molecule has 5 heteroatoms. The van der Waals surface area contributed by atoms with Crippen molar-refractivity contribution >= 4 is 17.5 Å². The topological polar surface area (TPSA) is 62.2 Å². The second kappa shape index (κ2) is 6.16. The number of hydrogen-bond donors (Lipinski definition) is 2. The van der Waals surface area contributed by atoms with Crippen LogP contribution in [-0.4, -0.2) is 28.6 Å². The Hall–Kier alpha value is -1.13. The lowest BCUT2D eigenvalue weighted by Gasteiger charge is -2.28. The van der Waals surface area contributed by atoms with Crippen LogP contribution in [0.2, 0.25) is 5.15 Å². The first kappa shape index (κ1) is 13.3. The summed E-state index contributed by atoms with van der Waals surface area (Å²) in [4.78, 5) is 15.9. The minimum atomic E-state index is -0.193. The van der Waals surface area contributed by atoms with Crippen LogP contribution in [0.5, 0.6) is 0 Å². The van der Waals surface area contributed by atoms with Gasteiger partial charge in [0.25, 0.3) is 5.91 Å². The third kappa shape index (κ3) is 3.43. The number of nitrogens with one attached hydrogen (secondary N) is 1. The molecule has 1 saturated carbocycles. The smallest absolute Gasteiger partial charge is 0.270 e. The molecule has 0 radical (unpaired) electrons. The van der Waals surface area contributed by atoms with Gasteiger partial charge in [0.1, 0.15) is 10.8 Å². The summed E-state index contributed by atoms with van der Waals surface area (Å²) in [7, 11) is 0. The van der Waals surface area contributed by atoms with Crippen LogP contribution in [0.15, 0.2) is 18.2 Å². The third-order valence-electron chi connectivity index (χ3n) is 3.32. The van der Waals surface area contributed by atoms with E-state index in [1.165, 1.54) is 0 Å². The van der Waals surface area contributed by atoms with E-state index in [-0.39, 0.29) is 18.6 Å². The molecule has 1 aromatic heterocycles. The summed E-state index contributed by atoms with van der Waals surface area (Å²) in [6.07, 6.45) is 3.88. The lowest BCUT2D eigenvalue weighted by Crippen LogP contribution is -2.39. The van der Waals surface area contributed by atoms with Gasteiger partial charge in [-0.2, -0.15) is 0 Å². The van der Waals surface area contributed by atoms with Crippen LogP contribution in [-0.2, 0) is 0 Å². The Morgan fingerprint density at radius 2 is 2.33 bits per heavy atom. The van der Waals surface area contributed by atoms with E-state index in [4.69, 9.17) is 16.7 Å². The third-order valence-corrected chi connectivity index (χ3v) is 3.53. The Kier molecular flexibility index (Phi) is 4.55. The largest absolute Gasteiger partial charge is 0.396 e. The molecule has 98 valence electrons. The van der Waals surface area contributed by atoms with Gasteiger partial charge in [-0.1, -0.05) is 24.1 Å². The Morgan fingerprint density at radius 3 is 3.06 bits per heavy atom. The molecule has 0 spiro atoms. The molecule has 1 heterocycles. The highest BCUT2D eigenvalue weighted by Crippen LogP contribution is 2.23. The number of hydrogen-bond acceptors (Lipinski definition) is 3. The second-order valence-corrected chi connectivity index (χ2v) is 5.12. The Bertz CT molecular complexity index is 425. The molecule has 0 aliphatic heterocycles. The predicted molar refractivity (Wildman–Crippen MR) is 69.5 cm³/mol. The number of halogens is 1. The summed E-state index contributed by atoms with van der Waals surface area (Å²) in [5.74, 6) is 0.109. The van der Waals surface area contributed by atoms with Crippen molar-refractivity contribution in [1.29, 1.82) is 0 Å². The molecular formula is C13H17ClN2O2. The number of carbonyl (C=O) groups is 1. The molecule has 2 unspecified atom stereocenters. The van der Waals surface area contributed by atoms with E-state index >= 15 is 0 Å². The highest BCUT2D eigenvalue weighted by atomic mass is 35.5. The van der Waals surface area contributed by atoms with Gasteiger partial charge in [-0.05, 0) is 37.3 Å². The van der Waals surface area contributed by atoms with Crippen LogP contribution in [0, 0.1) is 5.92 Å². The summed E-state index contributed by atoms with van der Waals surface area (Å²) in [5.41, 5.74) is 0.341. The number of aromatic nitrogens is 1. The van der Waals surface area contributed by atoms with Gasteiger partial charge in [0.05, 0.1) is 0 Å². The molecule has 4 nitrogen and oxygen atoms in total. The van der Waals surface area contributed by atoms with Gasteiger partial charge >= 0.3 is 0 Å². The quantitative estimate of drug-likeness (QED) is 0.825. The fourth-order valence-electron chi connectivity index (χ4n) is 2.38. The molecule has 0 bridgehead atoms. The highest BCUT2D eigenvalue weighted by Gasteiger charge is 2.23. The zero-order chi connectivity index (χ0) is 13.0. The standard InChI is InChI=1S/C13H17ClN2O2/c14-12-6-2-5-11(16-12)13(18)15-10-4-1-3-9(7-10)8-17/h2,5-6,9-10,17H,1,3-4,7-8H2,(H,15,18). The molecular weight excluding hydrogens is 252 g/mol. The number of pyridine rings is 1. The molecule has 2 atom stereocenters. The molecule has 1 aliphatic carbocycles. The number of aliphatic hydroxyl groups excluding tert-OH is 1. The lowest BCUT2D eigenvalue weighted by molar-refractivity contribution is 0.0901. The summed E-state index contributed by atoms with van der Waals surface area (Å²) in [6, 6.07) is 5.12. The van der Waals surface area contributed by atoms with Crippen molar-refractivity contribution in [2.75, 3.05) is 6.61 Å². The number of nitrogens with zero attached hydrogens (tertiary/aromatic N) is 1. The van der Waals surface area contributed by atoms with Gasteiger partial charge in [-0.25, -0.2) is 4.98 Å². The van der Waals surface area contributed by atoms with E-state index in [9.17, 15) is 4.79 Å². The summed E-state index contributed by atoms with van der Waals surface area (Å²) in [6.45, 7) is 0.196. The molecule has 1 aromatic rings. The lowest BCUT2D eigenvalue weighted by atomic mass is 9.86. The van der Waals surface area contributed by atoms with E-state index in [1.54, 1.807) is 18.2 Å². The molecule has 2 N–H and O–H groups in total. The molecule has 18 heavy (non-hydrogen) atoms. The van der Waals surface area contributed by atoms with E-state index in [1.807, 2.05) is 0 Å². The van der Waals surface area contributed by atoms with Crippen molar-refractivity contribution in [3.8, 4) is 0 Å². The maximum Gasteiger partial charge on any atom is 0.270 e. The fourth-order valence-corrected chi connectivity index (χ4v) is 2.55. The number of aliphatic hydroxyl groups is 1. The van der Waals surface area contributed by atoms with Crippen LogP contribution < -0.4 is 5.32 Å². The van der Waals surface area contributed by atoms with Crippen LogP contribution >= 0.6 is 11.6 Å².